The van der Waals surface area contributed by atoms with Crippen LogP contribution < -0.4 is 5.56 Å². The van der Waals surface area contributed by atoms with Gasteiger partial charge in [-0.05, 0) is 43.9 Å². The summed E-state index contributed by atoms with van der Waals surface area (Å²) in [7, 11) is 0. The van der Waals surface area contributed by atoms with E-state index in [1.165, 1.54) is 24.6 Å². The van der Waals surface area contributed by atoms with Gasteiger partial charge < -0.3 is 4.90 Å². The molecule has 0 spiro atoms. The van der Waals surface area contributed by atoms with E-state index in [9.17, 15) is 9.59 Å². The van der Waals surface area contributed by atoms with Gasteiger partial charge in [0, 0.05) is 24.7 Å². The molecule has 0 N–H and O–H groups in total. The Morgan fingerprint density at radius 1 is 1.18 bits per heavy atom. The molecule has 0 unspecified atom stereocenters. The van der Waals surface area contributed by atoms with Crippen molar-refractivity contribution in [2.45, 2.75) is 63.4 Å². The number of carbonyl (C=O) groups excluding carboxylic acids is 1. The van der Waals surface area contributed by atoms with Crippen molar-refractivity contribution in [3.63, 3.8) is 0 Å². The topological polar surface area (TPSA) is 55.2 Å². The lowest BCUT2D eigenvalue weighted by atomic mass is 10.2. The minimum Gasteiger partial charge on any atom is -0.342 e. The maximum atomic E-state index is 13.1. The molecule has 1 amide bonds. The summed E-state index contributed by atoms with van der Waals surface area (Å²) >= 11 is 7.46. The van der Waals surface area contributed by atoms with E-state index in [0.29, 0.717) is 27.6 Å². The fourth-order valence-corrected chi connectivity index (χ4v) is 4.72. The number of likely N-dealkylation sites (tertiary alicyclic amines) is 1. The maximum Gasteiger partial charge on any atom is 0.262 e. The molecule has 152 valence electrons. The first-order valence-corrected chi connectivity index (χ1v) is 11.3. The largest absolute Gasteiger partial charge is 0.342 e. The van der Waals surface area contributed by atoms with Gasteiger partial charge in [-0.3, -0.25) is 14.2 Å². The molecule has 1 fully saturated rings. The highest BCUT2D eigenvalue weighted by Gasteiger charge is 2.24. The molecule has 2 aromatic rings. The second kappa shape index (κ2) is 9.31. The van der Waals surface area contributed by atoms with Crippen LogP contribution in [-0.4, -0.2) is 38.7 Å². The van der Waals surface area contributed by atoms with Crippen molar-refractivity contribution in [3.8, 4) is 0 Å². The lowest BCUT2D eigenvalue weighted by molar-refractivity contribution is -0.130. The second-order valence-corrected chi connectivity index (χ2v) is 9.61. The van der Waals surface area contributed by atoms with Gasteiger partial charge in [-0.2, -0.15) is 0 Å². The summed E-state index contributed by atoms with van der Waals surface area (Å²) in [6, 6.07) is 5.18. The zero-order chi connectivity index (χ0) is 20.3. The average molecular weight is 422 g/mol. The molecule has 1 aliphatic rings. The summed E-state index contributed by atoms with van der Waals surface area (Å²) in [4.78, 5) is 32.7. The molecule has 0 bridgehead atoms. The molecule has 28 heavy (non-hydrogen) atoms. The molecule has 1 saturated heterocycles. The van der Waals surface area contributed by atoms with E-state index in [1.807, 2.05) is 11.8 Å². The highest BCUT2D eigenvalue weighted by atomic mass is 35.5. The zero-order valence-corrected chi connectivity index (χ0v) is 18.4. The van der Waals surface area contributed by atoms with E-state index in [1.54, 1.807) is 22.8 Å². The molecular weight excluding hydrogens is 394 g/mol. The molecule has 1 aromatic carbocycles. The summed E-state index contributed by atoms with van der Waals surface area (Å²) in [5, 5.41) is 1.36. The van der Waals surface area contributed by atoms with Crippen molar-refractivity contribution in [1.29, 1.82) is 0 Å². The minimum absolute atomic E-state index is 0.0990. The van der Waals surface area contributed by atoms with E-state index in [-0.39, 0.29) is 22.6 Å². The molecule has 0 radical (unpaired) electrons. The summed E-state index contributed by atoms with van der Waals surface area (Å²) in [5.74, 6) is 0.417. The Morgan fingerprint density at radius 3 is 2.50 bits per heavy atom. The standard InChI is InChI=1S/C21H28ClN3O2S/c1-14(2)13-25-20(27)17-12-16(22)8-9-18(17)23-21(25)28-15(3)19(26)24-10-6-4-5-7-11-24/h8-9,12,14-15H,4-7,10-11,13H2,1-3H3/t15-/m1/s1. The maximum absolute atomic E-state index is 13.1. The van der Waals surface area contributed by atoms with Gasteiger partial charge in [0.25, 0.3) is 5.56 Å². The molecule has 5 nitrogen and oxygen atoms in total. The van der Waals surface area contributed by atoms with Gasteiger partial charge in [-0.15, -0.1) is 0 Å². The van der Waals surface area contributed by atoms with Crippen LogP contribution in [0.5, 0.6) is 0 Å². The van der Waals surface area contributed by atoms with Gasteiger partial charge in [-0.1, -0.05) is 50.1 Å². The van der Waals surface area contributed by atoms with Crippen LogP contribution in [0.2, 0.25) is 5.02 Å². The number of amides is 1. The molecule has 7 heteroatoms. The number of carbonyl (C=O) groups is 1. The van der Waals surface area contributed by atoms with Crippen LogP contribution in [0.1, 0.15) is 46.5 Å². The Labute approximate surface area is 175 Å². The predicted molar refractivity (Wildman–Crippen MR) is 116 cm³/mol. The van der Waals surface area contributed by atoms with Crippen molar-refractivity contribution in [1.82, 2.24) is 14.5 Å². The first-order valence-electron chi connectivity index (χ1n) is 10.0. The molecule has 3 rings (SSSR count). The van der Waals surface area contributed by atoms with Crippen LogP contribution in [0.25, 0.3) is 10.9 Å². The highest BCUT2D eigenvalue weighted by Crippen LogP contribution is 2.26. The fraction of sp³-hybridized carbons (Fsp3) is 0.571. The lowest BCUT2D eigenvalue weighted by Crippen LogP contribution is -2.37. The Morgan fingerprint density at radius 2 is 1.86 bits per heavy atom. The number of hydrogen-bond acceptors (Lipinski definition) is 4. The van der Waals surface area contributed by atoms with Crippen LogP contribution in [0, 0.1) is 5.92 Å². The third-order valence-corrected chi connectivity index (χ3v) is 6.29. The van der Waals surface area contributed by atoms with E-state index in [2.05, 4.69) is 13.8 Å². The van der Waals surface area contributed by atoms with E-state index in [4.69, 9.17) is 16.6 Å². The van der Waals surface area contributed by atoms with Crippen LogP contribution in [0.3, 0.4) is 0 Å². The van der Waals surface area contributed by atoms with Crippen molar-refractivity contribution in [2.75, 3.05) is 13.1 Å². The van der Waals surface area contributed by atoms with Gasteiger partial charge in [-0.25, -0.2) is 4.98 Å². The van der Waals surface area contributed by atoms with E-state index >= 15 is 0 Å². The Kier molecular flexibility index (Phi) is 7.05. The quantitative estimate of drug-likeness (QED) is 0.523. The molecule has 0 saturated carbocycles. The van der Waals surface area contributed by atoms with Gasteiger partial charge in [0.05, 0.1) is 16.2 Å². The summed E-state index contributed by atoms with van der Waals surface area (Å²) < 4.78 is 1.69. The van der Waals surface area contributed by atoms with Gasteiger partial charge in [0.2, 0.25) is 5.91 Å². The number of halogens is 1. The third-order valence-electron chi connectivity index (χ3n) is 4.98. The number of rotatable bonds is 5. The minimum atomic E-state index is -0.284. The molecule has 1 atom stereocenters. The fourth-order valence-electron chi connectivity index (χ4n) is 3.55. The number of fused-ring (bicyclic) bond motifs is 1. The number of hydrogen-bond donors (Lipinski definition) is 0. The van der Waals surface area contributed by atoms with Crippen molar-refractivity contribution in [2.24, 2.45) is 5.92 Å². The number of aromatic nitrogens is 2. The average Bonchev–Trinajstić information content (AvgIpc) is 2.94. The Balaban J connectivity index is 1.93. The Hall–Kier alpha value is -1.53. The lowest BCUT2D eigenvalue weighted by Gasteiger charge is -2.24. The van der Waals surface area contributed by atoms with E-state index in [0.717, 1.165) is 25.9 Å². The highest BCUT2D eigenvalue weighted by molar-refractivity contribution is 8.00. The SMILES string of the molecule is CC(C)Cn1c(S[C@H](C)C(=O)N2CCCCCC2)nc2ccc(Cl)cc2c1=O. The van der Waals surface area contributed by atoms with Crippen LogP contribution >= 0.6 is 23.4 Å². The zero-order valence-electron chi connectivity index (χ0n) is 16.8. The number of thioether (sulfide) groups is 1. The smallest absolute Gasteiger partial charge is 0.262 e. The molecule has 2 heterocycles. The normalized spacial score (nSPS) is 16.4. The van der Waals surface area contributed by atoms with Crippen molar-refractivity contribution < 1.29 is 4.79 Å². The van der Waals surface area contributed by atoms with Crippen LogP contribution in [0.4, 0.5) is 0 Å². The summed E-state index contributed by atoms with van der Waals surface area (Å²) in [5.41, 5.74) is 0.518. The molecular formula is C21H28ClN3O2S. The summed E-state index contributed by atoms with van der Waals surface area (Å²) in [6.07, 6.45) is 4.51. The van der Waals surface area contributed by atoms with Crippen LogP contribution in [-0.2, 0) is 11.3 Å². The third kappa shape index (κ3) is 4.90. The van der Waals surface area contributed by atoms with Crippen molar-refractivity contribution in [3.05, 3.63) is 33.6 Å². The molecule has 1 aromatic heterocycles. The van der Waals surface area contributed by atoms with Gasteiger partial charge >= 0.3 is 0 Å². The first kappa shape index (κ1) is 21.2. The van der Waals surface area contributed by atoms with Gasteiger partial charge in [0.15, 0.2) is 5.16 Å². The van der Waals surface area contributed by atoms with Gasteiger partial charge in [0.1, 0.15) is 0 Å². The molecule has 1 aliphatic heterocycles. The van der Waals surface area contributed by atoms with Crippen LogP contribution in [0.15, 0.2) is 28.2 Å². The van der Waals surface area contributed by atoms with Crippen molar-refractivity contribution >= 4 is 40.2 Å². The van der Waals surface area contributed by atoms with E-state index < -0.39 is 0 Å². The second-order valence-electron chi connectivity index (χ2n) is 7.87. The monoisotopic (exact) mass is 421 g/mol. The first-order chi connectivity index (χ1) is 13.4. The Bertz CT molecular complexity index is 904. The number of benzene rings is 1. The number of nitrogens with zero attached hydrogens (tertiary/aromatic N) is 3. The summed E-state index contributed by atoms with van der Waals surface area (Å²) in [6.45, 7) is 8.25. The molecule has 0 aliphatic carbocycles. The predicted octanol–water partition coefficient (Wildman–Crippen LogP) is 4.59.